The van der Waals surface area contributed by atoms with Crippen LogP contribution in [0.5, 0.6) is 0 Å². The molecule has 0 bridgehead atoms. The molecule has 3 heteroatoms. The standard InChI is InChI=1S/C20H19NO2/c22-20(23)13-14-21(15-16-7-2-1-3-8-16)19-12-6-10-17-9-4-5-11-18(17)19/h1-12H,13-15H2,(H,22,23). The van der Waals surface area contributed by atoms with Crippen LogP contribution in [0.3, 0.4) is 0 Å². The molecule has 0 unspecified atom stereocenters. The number of anilines is 1. The van der Waals surface area contributed by atoms with E-state index in [9.17, 15) is 4.79 Å². The van der Waals surface area contributed by atoms with Crippen LogP contribution in [0.15, 0.2) is 72.8 Å². The van der Waals surface area contributed by atoms with Crippen LogP contribution in [0.2, 0.25) is 0 Å². The van der Waals surface area contributed by atoms with E-state index in [2.05, 4.69) is 41.3 Å². The van der Waals surface area contributed by atoms with Crippen molar-refractivity contribution in [1.82, 2.24) is 0 Å². The highest BCUT2D eigenvalue weighted by Gasteiger charge is 2.12. The molecule has 0 fully saturated rings. The van der Waals surface area contributed by atoms with E-state index >= 15 is 0 Å². The Balaban J connectivity index is 1.97. The lowest BCUT2D eigenvalue weighted by Gasteiger charge is -2.26. The second-order valence-corrected chi connectivity index (χ2v) is 5.55. The maximum Gasteiger partial charge on any atom is 0.305 e. The van der Waals surface area contributed by atoms with Gasteiger partial charge >= 0.3 is 5.97 Å². The summed E-state index contributed by atoms with van der Waals surface area (Å²) in [5.74, 6) is -0.775. The van der Waals surface area contributed by atoms with Crippen LogP contribution in [0.1, 0.15) is 12.0 Å². The lowest BCUT2D eigenvalue weighted by Crippen LogP contribution is -2.25. The SMILES string of the molecule is O=C(O)CCN(Cc1ccccc1)c1cccc2ccccc12. The van der Waals surface area contributed by atoms with Gasteiger partial charge in [0.25, 0.3) is 0 Å². The van der Waals surface area contributed by atoms with E-state index < -0.39 is 5.97 Å². The average Bonchev–Trinajstić information content (AvgIpc) is 2.59. The number of hydrogen-bond acceptors (Lipinski definition) is 2. The lowest BCUT2D eigenvalue weighted by molar-refractivity contribution is -0.136. The topological polar surface area (TPSA) is 40.5 Å². The Morgan fingerprint density at radius 2 is 1.57 bits per heavy atom. The van der Waals surface area contributed by atoms with Gasteiger partial charge in [0, 0.05) is 24.2 Å². The molecule has 0 spiro atoms. The summed E-state index contributed by atoms with van der Waals surface area (Å²) in [4.78, 5) is 13.2. The molecule has 0 aliphatic rings. The van der Waals surface area contributed by atoms with Gasteiger partial charge in [0.1, 0.15) is 0 Å². The molecule has 0 aliphatic carbocycles. The number of aliphatic carboxylic acids is 1. The van der Waals surface area contributed by atoms with Gasteiger partial charge < -0.3 is 10.0 Å². The van der Waals surface area contributed by atoms with Crippen LogP contribution in [0.25, 0.3) is 10.8 Å². The monoisotopic (exact) mass is 305 g/mol. The molecule has 0 amide bonds. The van der Waals surface area contributed by atoms with Gasteiger partial charge in [-0.05, 0) is 17.0 Å². The molecule has 3 aromatic carbocycles. The normalized spacial score (nSPS) is 10.6. The van der Waals surface area contributed by atoms with E-state index in [-0.39, 0.29) is 6.42 Å². The molecule has 23 heavy (non-hydrogen) atoms. The van der Waals surface area contributed by atoms with Gasteiger partial charge in [-0.1, -0.05) is 66.7 Å². The fourth-order valence-corrected chi connectivity index (χ4v) is 2.80. The van der Waals surface area contributed by atoms with Gasteiger partial charge in [0.15, 0.2) is 0 Å². The van der Waals surface area contributed by atoms with Crippen LogP contribution >= 0.6 is 0 Å². The van der Waals surface area contributed by atoms with Crippen molar-refractivity contribution in [3.05, 3.63) is 78.4 Å². The summed E-state index contributed by atoms with van der Waals surface area (Å²) in [6, 6.07) is 24.5. The van der Waals surface area contributed by atoms with Crippen molar-refractivity contribution in [3.63, 3.8) is 0 Å². The molecule has 0 aromatic heterocycles. The maximum absolute atomic E-state index is 11.0. The predicted octanol–water partition coefficient (Wildman–Crippen LogP) is 4.32. The van der Waals surface area contributed by atoms with Crippen molar-refractivity contribution in [1.29, 1.82) is 0 Å². The number of carboxylic acid groups (broad SMARTS) is 1. The van der Waals surface area contributed by atoms with E-state index in [0.717, 1.165) is 11.1 Å². The number of fused-ring (bicyclic) bond motifs is 1. The Kier molecular flexibility index (Phi) is 4.57. The highest BCUT2D eigenvalue weighted by atomic mass is 16.4. The van der Waals surface area contributed by atoms with Crippen molar-refractivity contribution in [2.75, 3.05) is 11.4 Å². The summed E-state index contributed by atoms with van der Waals surface area (Å²) in [5.41, 5.74) is 2.25. The van der Waals surface area contributed by atoms with Crippen molar-refractivity contribution in [3.8, 4) is 0 Å². The highest BCUT2D eigenvalue weighted by molar-refractivity contribution is 5.94. The molecule has 1 N–H and O–H groups in total. The van der Waals surface area contributed by atoms with Gasteiger partial charge in [0.2, 0.25) is 0 Å². The summed E-state index contributed by atoms with van der Waals surface area (Å²) >= 11 is 0. The number of carboxylic acids is 1. The largest absolute Gasteiger partial charge is 0.481 e. The number of benzene rings is 3. The number of hydrogen-bond donors (Lipinski definition) is 1. The van der Waals surface area contributed by atoms with Crippen LogP contribution in [0.4, 0.5) is 5.69 Å². The van der Waals surface area contributed by atoms with Crippen molar-refractivity contribution >= 4 is 22.4 Å². The first-order valence-electron chi connectivity index (χ1n) is 7.72. The molecule has 0 saturated heterocycles. The third-order valence-electron chi connectivity index (χ3n) is 3.92. The molecular formula is C20H19NO2. The van der Waals surface area contributed by atoms with Gasteiger partial charge in [0.05, 0.1) is 6.42 Å². The highest BCUT2D eigenvalue weighted by Crippen LogP contribution is 2.28. The molecule has 0 saturated carbocycles. The van der Waals surface area contributed by atoms with Gasteiger partial charge in [-0.2, -0.15) is 0 Å². The fraction of sp³-hybridized carbons (Fsp3) is 0.150. The summed E-state index contributed by atoms with van der Waals surface area (Å²) in [6.07, 6.45) is 0.121. The molecule has 116 valence electrons. The zero-order chi connectivity index (χ0) is 16.1. The van der Waals surface area contributed by atoms with Crippen LogP contribution < -0.4 is 4.90 Å². The molecule has 0 radical (unpaired) electrons. The van der Waals surface area contributed by atoms with Crippen LogP contribution in [-0.4, -0.2) is 17.6 Å². The molecule has 0 aliphatic heterocycles. The lowest BCUT2D eigenvalue weighted by atomic mass is 10.1. The van der Waals surface area contributed by atoms with Crippen molar-refractivity contribution in [2.24, 2.45) is 0 Å². The smallest absolute Gasteiger partial charge is 0.305 e. The molecule has 3 nitrogen and oxygen atoms in total. The predicted molar refractivity (Wildman–Crippen MR) is 93.7 cm³/mol. The van der Waals surface area contributed by atoms with Gasteiger partial charge in [-0.15, -0.1) is 0 Å². The van der Waals surface area contributed by atoms with Crippen molar-refractivity contribution in [2.45, 2.75) is 13.0 Å². The zero-order valence-corrected chi connectivity index (χ0v) is 12.9. The fourth-order valence-electron chi connectivity index (χ4n) is 2.80. The van der Waals surface area contributed by atoms with E-state index in [4.69, 9.17) is 5.11 Å². The minimum Gasteiger partial charge on any atom is -0.481 e. The third kappa shape index (κ3) is 3.69. The number of nitrogens with zero attached hydrogens (tertiary/aromatic N) is 1. The molecular weight excluding hydrogens is 286 g/mol. The van der Waals surface area contributed by atoms with E-state index in [1.54, 1.807) is 0 Å². The quantitative estimate of drug-likeness (QED) is 0.737. The van der Waals surface area contributed by atoms with E-state index in [0.29, 0.717) is 13.1 Å². The van der Waals surface area contributed by atoms with Gasteiger partial charge in [-0.25, -0.2) is 0 Å². The summed E-state index contributed by atoms with van der Waals surface area (Å²) in [6.45, 7) is 1.18. The Bertz CT molecular complexity index is 794. The molecule has 0 atom stereocenters. The minimum atomic E-state index is -0.775. The van der Waals surface area contributed by atoms with E-state index in [1.807, 2.05) is 36.4 Å². The van der Waals surface area contributed by atoms with Crippen molar-refractivity contribution < 1.29 is 9.90 Å². The van der Waals surface area contributed by atoms with Crippen LogP contribution in [-0.2, 0) is 11.3 Å². The second-order valence-electron chi connectivity index (χ2n) is 5.55. The maximum atomic E-state index is 11.0. The number of rotatable bonds is 6. The first-order chi connectivity index (χ1) is 11.2. The Morgan fingerprint density at radius 3 is 2.35 bits per heavy atom. The first-order valence-corrected chi connectivity index (χ1v) is 7.72. The van der Waals surface area contributed by atoms with E-state index in [1.165, 1.54) is 10.9 Å². The molecule has 0 heterocycles. The second kappa shape index (κ2) is 6.97. The Labute approximate surface area is 135 Å². The van der Waals surface area contributed by atoms with Gasteiger partial charge in [-0.3, -0.25) is 4.79 Å². The van der Waals surface area contributed by atoms with Crippen LogP contribution in [0, 0.1) is 0 Å². The minimum absolute atomic E-state index is 0.121. The summed E-state index contributed by atoms with van der Waals surface area (Å²) in [5, 5.41) is 11.4. The number of carbonyl (C=O) groups is 1. The molecule has 3 aromatic rings. The zero-order valence-electron chi connectivity index (χ0n) is 12.9. The average molecular weight is 305 g/mol. The summed E-state index contributed by atoms with van der Waals surface area (Å²) < 4.78 is 0. The summed E-state index contributed by atoms with van der Waals surface area (Å²) in [7, 11) is 0. The Hall–Kier alpha value is -2.81. The molecule has 3 rings (SSSR count). The third-order valence-corrected chi connectivity index (χ3v) is 3.92. The Morgan fingerprint density at radius 1 is 0.870 bits per heavy atom. The first kappa shape index (κ1) is 15.1.